The van der Waals surface area contributed by atoms with Crippen LogP contribution in [-0.2, 0) is 6.61 Å². The van der Waals surface area contributed by atoms with Gasteiger partial charge in [0.2, 0.25) is 0 Å². The van der Waals surface area contributed by atoms with Crippen LogP contribution in [0.3, 0.4) is 0 Å². The van der Waals surface area contributed by atoms with E-state index in [2.05, 4.69) is 10.5 Å². The lowest BCUT2D eigenvalue weighted by molar-refractivity contribution is 0.0955. The van der Waals surface area contributed by atoms with E-state index >= 15 is 0 Å². The first-order valence-electron chi connectivity index (χ1n) is 11.7. The van der Waals surface area contributed by atoms with Gasteiger partial charge in [0.25, 0.3) is 5.91 Å². The Bertz CT molecular complexity index is 1500. The lowest BCUT2D eigenvalue weighted by Crippen LogP contribution is -2.17. The van der Waals surface area contributed by atoms with Gasteiger partial charge in [-0.1, -0.05) is 60.1 Å². The second-order valence-corrected chi connectivity index (χ2v) is 8.65. The first-order valence-corrected chi connectivity index (χ1v) is 12.0. The molecular weight excluding hydrogens is 484 g/mol. The average molecular weight is 507 g/mol. The first kappa shape index (κ1) is 24.0. The largest absolute Gasteiger partial charge is 0.489 e. The Kier molecular flexibility index (Phi) is 7.39. The van der Waals surface area contributed by atoms with Gasteiger partial charge in [-0.15, -0.1) is 0 Å². The van der Waals surface area contributed by atoms with Crippen LogP contribution < -0.4 is 10.2 Å². The van der Waals surface area contributed by atoms with Crippen molar-refractivity contribution in [3.05, 3.63) is 137 Å². The number of carbonyl (C=O) groups excluding carboxylic acids is 1. The number of ether oxygens (including phenoxy) is 1. The maximum atomic E-state index is 12.4. The minimum absolute atomic E-state index is 0.329. The predicted octanol–water partition coefficient (Wildman–Crippen LogP) is 6.54. The van der Waals surface area contributed by atoms with Crippen LogP contribution >= 0.6 is 11.6 Å². The van der Waals surface area contributed by atoms with Crippen molar-refractivity contribution in [2.75, 3.05) is 0 Å². The minimum atomic E-state index is -0.329. The fourth-order valence-electron chi connectivity index (χ4n) is 3.70. The van der Waals surface area contributed by atoms with Crippen molar-refractivity contribution in [1.29, 1.82) is 0 Å². The number of benzene rings is 4. The summed E-state index contributed by atoms with van der Waals surface area (Å²) in [6.07, 6.45) is 3.47. The molecule has 1 aromatic heterocycles. The van der Waals surface area contributed by atoms with E-state index in [1.54, 1.807) is 35.2 Å². The average Bonchev–Trinajstić information content (AvgIpc) is 3.38. The first-order chi connectivity index (χ1) is 18.2. The maximum absolute atomic E-state index is 12.4. The van der Waals surface area contributed by atoms with Crippen LogP contribution in [0.25, 0.3) is 16.9 Å². The zero-order valence-electron chi connectivity index (χ0n) is 19.8. The van der Waals surface area contributed by atoms with Gasteiger partial charge in [0.15, 0.2) is 0 Å². The Morgan fingerprint density at radius 1 is 0.892 bits per heavy atom. The summed E-state index contributed by atoms with van der Waals surface area (Å²) in [5.74, 6) is 0.436. The van der Waals surface area contributed by atoms with Gasteiger partial charge in [-0.3, -0.25) is 4.79 Å². The van der Waals surface area contributed by atoms with Crippen molar-refractivity contribution in [2.45, 2.75) is 6.61 Å². The van der Waals surface area contributed by atoms with Crippen LogP contribution in [0.5, 0.6) is 5.75 Å². The van der Waals surface area contributed by atoms with E-state index in [0.29, 0.717) is 17.2 Å². The normalized spacial score (nSPS) is 10.9. The molecule has 0 saturated carbocycles. The van der Waals surface area contributed by atoms with Gasteiger partial charge < -0.3 is 4.74 Å². The van der Waals surface area contributed by atoms with Crippen LogP contribution in [0.1, 0.15) is 21.5 Å². The molecule has 182 valence electrons. The molecule has 1 heterocycles. The molecule has 0 unspecified atom stereocenters. The van der Waals surface area contributed by atoms with Gasteiger partial charge >= 0.3 is 0 Å². The van der Waals surface area contributed by atoms with Gasteiger partial charge in [0.05, 0.1) is 11.9 Å². The number of hydrogen-bond donors (Lipinski definition) is 1. The van der Waals surface area contributed by atoms with Crippen molar-refractivity contribution in [3.63, 3.8) is 0 Å². The molecule has 0 aliphatic carbocycles. The molecular formula is C30H23ClN4O2. The summed E-state index contributed by atoms with van der Waals surface area (Å²) in [7, 11) is 0. The molecule has 5 rings (SSSR count). The third kappa shape index (κ3) is 6.12. The molecule has 6 nitrogen and oxygen atoms in total. The van der Waals surface area contributed by atoms with Crippen LogP contribution in [0.15, 0.2) is 120 Å². The van der Waals surface area contributed by atoms with E-state index in [-0.39, 0.29) is 5.91 Å². The summed E-state index contributed by atoms with van der Waals surface area (Å²) in [6.45, 7) is 0.494. The van der Waals surface area contributed by atoms with E-state index in [1.807, 2.05) is 91.1 Å². The summed E-state index contributed by atoms with van der Waals surface area (Å²) in [5.41, 5.74) is 7.42. The molecule has 0 atom stereocenters. The number of hydrazone groups is 1. The van der Waals surface area contributed by atoms with Crippen LogP contribution in [0.4, 0.5) is 0 Å². The molecule has 37 heavy (non-hydrogen) atoms. The molecule has 1 N–H and O–H groups in total. The minimum Gasteiger partial charge on any atom is -0.489 e. The van der Waals surface area contributed by atoms with Gasteiger partial charge in [0.1, 0.15) is 18.1 Å². The number of rotatable bonds is 8. The van der Waals surface area contributed by atoms with Crippen molar-refractivity contribution >= 4 is 23.7 Å². The SMILES string of the molecule is O=C(N/N=C/c1cn(-c2ccccc2)nc1-c1ccc(OCc2ccccc2)cc1)c1ccc(Cl)cc1. The zero-order chi connectivity index (χ0) is 25.5. The Balaban J connectivity index is 1.37. The van der Waals surface area contributed by atoms with Crippen LogP contribution in [0.2, 0.25) is 5.02 Å². The molecule has 0 aliphatic heterocycles. The van der Waals surface area contributed by atoms with E-state index in [1.165, 1.54) is 0 Å². The fraction of sp³-hybridized carbons (Fsp3) is 0.0333. The van der Waals surface area contributed by atoms with E-state index in [4.69, 9.17) is 21.4 Å². The standard InChI is InChI=1S/C30H23ClN4O2/c31-26-15-11-24(12-16-26)30(36)33-32-19-25-20-35(27-9-5-2-6-10-27)34-29(25)23-13-17-28(18-14-23)37-21-22-7-3-1-4-8-22/h1-20H,21H2,(H,33,36)/b32-19+. The molecule has 4 aromatic carbocycles. The number of carbonyl (C=O) groups is 1. The quantitative estimate of drug-likeness (QED) is 0.192. The monoisotopic (exact) mass is 506 g/mol. The summed E-state index contributed by atoms with van der Waals surface area (Å²) >= 11 is 5.91. The van der Waals surface area contributed by atoms with Crippen LogP contribution in [-0.4, -0.2) is 21.9 Å². The topological polar surface area (TPSA) is 68.5 Å². The molecule has 0 fully saturated rings. The summed E-state index contributed by atoms with van der Waals surface area (Å²) in [5, 5.41) is 9.54. The molecule has 1 amide bonds. The number of aromatic nitrogens is 2. The lowest BCUT2D eigenvalue weighted by Gasteiger charge is -2.07. The van der Waals surface area contributed by atoms with E-state index in [9.17, 15) is 4.79 Å². The molecule has 0 aliphatic rings. The number of hydrogen-bond acceptors (Lipinski definition) is 4. The van der Waals surface area contributed by atoms with Gasteiger partial charge in [-0.25, -0.2) is 10.1 Å². The van der Waals surface area contributed by atoms with Crippen LogP contribution in [0, 0.1) is 0 Å². The number of para-hydroxylation sites is 1. The zero-order valence-corrected chi connectivity index (χ0v) is 20.5. The molecule has 0 radical (unpaired) electrons. The Morgan fingerprint density at radius 2 is 1.57 bits per heavy atom. The van der Waals surface area contributed by atoms with Gasteiger partial charge in [-0.2, -0.15) is 10.2 Å². The van der Waals surface area contributed by atoms with Gasteiger partial charge in [0, 0.05) is 27.9 Å². The fourth-order valence-corrected chi connectivity index (χ4v) is 3.82. The van der Waals surface area contributed by atoms with Crippen molar-refractivity contribution in [1.82, 2.24) is 15.2 Å². The van der Waals surface area contributed by atoms with Crippen molar-refractivity contribution in [3.8, 4) is 22.7 Å². The van der Waals surface area contributed by atoms with E-state index < -0.39 is 0 Å². The summed E-state index contributed by atoms with van der Waals surface area (Å²) in [6, 6.07) is 34.2. The Morgan fingerprint density at radius 3 is 2.27 bits per heavy atom. The highest BCUT2D eigenvalue weighted by Gasteiger charge is 2.12. The number of amides is 1. The maximum Gasteiger partial charge on any atom is 0.271 e. The Hall–Kier alpha value is -4.68. The molecule has 0 bridgehead atoms. The molecule has 0 spiro atoms. The second-order valence-electron chi connectivity index (χ2n) is 8.22. The predicted molar refractivity (Wildman–Crippen MR) is 146 cm³/mol. The molecule has 5 aromatic rings. The smallest absolute Gasteiger partial charge is 0.271 e. The third-order valence-electron chi connectivity index (χ3n) is 5.62. The van der Waals surface area contributed by atoms with Crippen molar-refractivity contribution in [2.24, 2.45) is 5.10 Å². The number of nitrogens with one attached hydrogen (secondary N) is 1. The van der Waals surface area contributed by atoms with E-state index in [0.717, 1.165) is 33.8 Å². The third-order valence-corrected chi connectivity index (χ3v) is 5.87. The van der Waals surface area contributed by atoms with Gasteiger partial charge in [-0.05, 0) is 66.2 Å². The summed E-state index contributed by atoms with van der Waals surface area (Å²) in [4.78, 5) is 12.4. The Labute approximate surface area is 219 Å². The highest BCUT2D eigenvalue weighted by molar-refractivity contribution is 6.30. The summed E-state index contributed by atoms with van der Waals surface area (Å²) < 4.78 is 7.71. The molecule has 0 saturated heterocycles. The highest BCUT2D eigenvalue weighted by atomic mass is 35.5. The highest BCUT2D eigenvalue weighted by Crippen LogP contribution is 2.25. The lowest BCUT2D eigenvalue weighted by atomic mass is 10.1. The van der Waals surface area contributed by atoms with Crippen molar-refractivity contribution < 1.29 is 9.53 Å². The second kappa shape index (κ2) is 11.4. The number of halogens is 1. The number of nitrogens with zero attached hydrogens (tertiary/aromatic N) is 3. The molecule has 7 heteroatoms.